The highest BCUT2D eigenvalue weighted by Gasteiger charge is 2.09. The zero-order valence-corrected chi connectivity index (χ0v) is 7.16. The van der Waals surface area contributed by atoms with Crippen LogP contribution in [0, 0.1) is 6.92 Å². The maximum absolute atomic E-state index is 11.1. The van der Waals surface area contributed by atoms with E-state index in [0.717, 1.165) is 0 Å². The Morgan fingerprint density at radius 2 is 2.17 bits per heavy atom. The standard InChI is InChI=1S/C6H10N4O2/c1-4-5(9-12-8-4)7-6(11)10(2)3/h1-3H3,(H,7,9,11). The quantitative estimate of drug-likeness (QED) is 0.665. The van der Waals surface area contributed by atoms with E-state index in [2.05, 4.69) is 20.3 Å². The number of urea groups is 1. The second-order valence-electron chi connectivity index (χ2n) is 2.52. The van der Waals surface area contributed by atoms with Gasteiger partial charge in [-0.1, -0.05) is 5.16 Å². The first kappa shape index (κ1) is 8.51. The SMILES string of the molecule is Cc1nonc1NC(=O)N(C)C. The lowest BCUT2D eigenvalue weighted by atomic mass is 10.5. The molecule has 0 saturated carbocycles. The van der Waals surface area contributed by atoms with Crippen LogP contribution in [0.25, 0.3) is 0 Å². The molecule has 1 aromatic rings. The fraction of sp³-hybridized carbons (Fsp3) is 0.500. The molecule has 1 aromatic heterocycles. The predicted molar refractivity (Wildman–Crippen MR) is 41.7 cm³/mol. The molecule has 1 N–H and O–H groups in total. The molecule has 0 aliphatic rings. The first-order chi connectivity index (χ1) is 5.61. The van der Waals surface area contributed by atoms with Crippen LogP contribution >= 0.6 is 0 Å². The summed E-state index contributed by atoms with van der Waals surface area (Å²) in [4.78, 5) is 12.5. The van der Waals surface area contributed by atoms with Gasteiger partial charge < -0.3 is 4.90 Å². The van der Waals surface area contributed by atoms with Gasteiger partial charge >= 0.3 is 6.03 Å². The third-order valence-corrected chi connectivity index (χ3v) is 1.28. The van der Waals surface area contributed by atoms with Crippen molar-refractivity contribution in [2.24, 2.45) is 0 Å². The second kappa shape index (κ2) is 3.21. The van der Waals surface area contributed by atoms with E-state index in [1.807, 2.05) is 0 Å². The smallest absolute Gasteiger partial charge is 0.322 e. The summed E-state index contributed by atoms with van der Waals surface area (Å²) in [6.07, 6.45) is 0. The van der Waals surface area contributed by atoms with Crippen LogP contribution in [0.1, 0.15) is 5.69 Å². The molecule has 1 heterocycles. The summed E-state index contributed by atoms with van der Waals surface area (Å²) in [6, 6.07) is -0.256. The van der Waals surface area contributed by atoms with Crippen molar-refractivity contribution in [3.05, 3.63) is 5.69 Å². The Balaban J connectivity index is 2.64. The van der Waals surface area contributed by atoms with Crippen LogP contribution in [-0.4, -0.2) is 35.3 Å². The van der Waals surface area contributed by atoms with Gasteiger partial charge in [0.05, 0.1) is 0 Å². The molecule has 6 nitrogen and oxygen atoms in total. The van der Waals surface area contributed by atoms with Crippen LogP contribution in [0.15, 0.2) is 4.63 Å². The Hall–Kier alpha value is -1.59. The molecule has 0 aromatic carbocycles. The highest BCUT2D eigenvalue weighted by molar-refractivity contribution is 5.88. The minimum Gasteiger partial charge on any atom is -0.331 e. The Bertz CT molecular complexity index is 281. The molecule has 0 aliphatic heterocycles. The number of anilines is 1. The molecule has 2 amide bonds. The summed E-state index contributed by atoms with van der Waals surface area (Å²) < 4.78 is 4.39. The summed E-state index contributed by atoms with van der Waals surface area (Å²) in [7, 11) is 3.27. The summed E-state index contributed by atoms with van der Waals surface area (Å²) in [5, 5.41) is 9.51. The van der Waals surface area contributed by atoms with Crippen molar-refractivity contribution in [3.63, 3.8) is 0 Å². The third-order valence-electron chi connectivity index (χ3n) is 1.28. The molecule has 0 radical (unpaired) electrons. The number of hydrogen-bond acceptors (Lipinski definition) is 4. The van der Waals surface area contributed by atoms with Crippen molar-refractivity contribution in [2.45, 2.75) is 6.92 Å². The fourth-order valence-electron chi connectivity index (χ4n) is 0.558. The Morgan fingerprint density at radius 3 is 2.58 bits per heavy atom. The lowest BCUT2D eigenvalue weighted by molar-refractivity contribution is 0.230. The van der Waals surface area contributed by atoms with Gasteiger partial charge in [-0.15, -0.1) is 0 Å². The zero-order valence-electron chi connectivity index (χ0n) is 7.16. The van der Waals surface area contributed by atoms with Crippen LogP contribution in [0.2, 0.25) is 0 Å². The average molecular weight is 170 g/mol. The number of aryl methyl sites for hydroxylation is 1. The van der Waals surface area contributed by atoms with E-state index in [0.29, 0.717) is 11.5 Å². The maximum Gasteiger partial charge on any atom is 0.322 e. The van der Waals surface area contributed by atoms with E-state index in [-0.39, 0.29) is 6.03 Å². The van der Waals surface area contributed by atoms with Crippen LogP contribution < -0.4 is 5.32 Å². The summed E-state index contributed by atoms with van der Waals surface area (Å²) >= 11 is 0. The van der Waals surface area contributed by atoms with Crippen molar-refractivity contribution in [2.75, 3.05) is 19.4 Å². The molecule has 0 fully saturated rings. The normalized spacial score (nSPS) is 9.58. The minimum absolute atomic E-state index is 0.256. The zero-order chi connectivity index (χ0) is 9.14. The number of aromatic nitrogens is 2. The molecule has 66 valence electrons. The number of hydrogen-bond donors (Lipinski definition) is 1. The molecule has 0 spiro atoms. The number of rotatable bonds is 1. The molecule has 0 saturated heterocycles. The monoisotopic (exact) mass is 170 g/mol. The summed E-state index contributed by atoms with van der Waals surface area (Å²) in [6.45, 7) is 1.70. The van der Waals surface area contributed by atoms with Crippen molar-refractivity contribution in [1.82, 2.24) is 15.2 Å². The van der Waals surface area contributed by atoms with Gasteiger partial charge in [-0.3, -0.25) is 5.32 Å². The third kappa shape index (κ3) is 1.71. The van der Waals surface area contributed by atoms with E-state index < -0.39 is 0 Å². The van der Waals surface area contributed by atoms with Crippen LogP contribution in [0.4, 0.5) is 10.6 Å². The maximum atomic E-state index is 11.1. The van der Waals surface area contributed by atoms with E-state index in [1.165, 1.54) is 4.90 Å². The number of carbonyl (C=O) groups excluding carboxylic acids is 1. The molecular formula is C6H10N4O2. The highest BCUT2D eigenvalue weighted by atomic mass is 16.6. The molecule has 12 heavy (non-hydrogen) atoms. The molecule has 0 aliphatic carbocycles. The fourth-order valence-corrected chi connectivity index (χ4v) is 0.558. The van der Waals surface area contributed by atoms with Crippen molar-refractivity contribution >= 4 is 11.8 Å². The first-order valence-corrected chi connectivity index (χ1v) is 3.38. The Kier molecular flexibility index (Phi) is 2.27. The number of amides is 2. The van der Waals surface area contributed by atoms with Crippen LogP contribution in [0.5, 0.6) is 0 Å². The van der Waals surface area contributed by atoms with Gasteiger partial charge in [-0.25, -0.2) is 9.42 Å². The van der Waals surface area contributed by atoms with Gasteiger partial charge in [-0.05, 0) is 12.1 Å². The minimum atomic E-state index is -0.256. The van der Waals surface area contributed by atoms with Gasteiger partial charge in [0, 0.05) is 14.1 Å². The Morgan fingerprint density at radius 1 is 1.50 bits per heavy atom. The lowest BCUT2D eigenvalue weighted by Crippen LogP contribution is -2.27. The molecule has 0 unspecified atom stereocenters. The number of carbonyl (C=O) groups is 1. The number of nitrogens with zero attached hydrogens (tertiary/aromatic N) is 3. The Labute approximate surface area is 69.5 Å². The van der Waals surface area contributed by atoms with E-state index in [4.69, 9.17) is 0 Å². The average Bonchev–Trinajstić information content (AvgIpc) is 2.36. The van der Waals surface area contributed by atoms with Gasteiger partial charge in [-0.2, -0.15) is 0 Å². The second-order valence-corrected chi connectivity index (χ2v) is 2.52. The van der Waals surface area contributed by atoms with Crippen molar-refractivity contribution < 1.29 is 9.42 Å². The first-order valence-electron chi connectivity index (χ1n) is 3.38. The molecule has 6 heteroatoms. The van der Waals surface area contributed by atoms with Crippen LogP contribution in [-0.2, 0) is 0 Å². The lowest BCUT2D eigenvalue weighted by Gasteiger charge is -2.09. The van der Waals surface area contributed by atoms with E-state index in [1.54, 1.807) is 21.0 Å². The highest BCUT2D eigenvalue weighted by Crippen LogP contribution is 2.06. The van der Waals surface area contributed by atoms with E-state index >= 15 is 0 Å². The van der Waals surface area contributed by atoms with Crippen LogP contribution in [0.3, 0.4) is 0 Å². The molecule has 0 bridgehead atoms. The molecule has 1 rings (SSSR count). The topological polar surface area (TPSA) is 71.3 Å². The van der Waals surface area contributed by atoms with Crippen molar-refractivity contribution in [1.29, 1.82) is 0 Å². The van der Waals surface area contributed by atoms with Gasteiger partial charge in [0.1, 0.15) is 5.69 Å². The summed E-state index contributed by atoms with van der Waals surface area (Å²) in [5.41, 5.74) is 0.560. The number of nitrogens with one attached hydrogen (secondary N) is 1. The van der Waals surface area contributed by atoms with Crippen molar-refractivity contribution in [3.8, 4) is 0 Å². The largest absolute Gasteiger partial charge is 0.331 e. The molecular weight excluding hydrogens is 160 g/mol. The van der Waals surface area contributed by atoms with Gasteiger partial charge in [0.15, 0.2) is 0 Å². The van der Waals surface area contributed by atoms with E-state index in [9.17, 15) is 4.79 Å². The predicted octanol–water partition coefficient (Wildman–Crippen LogP) is 0.472. The van der Waals surface area contributed by atoms with Gasteiger partial charge in [0.2, 0.25) is 5.82 Å². The summed E-state index contributed by atoms with van der Waals surface area (Å²) in [5.74, 6) is 0.355. The molecule has 0 atom stereocenters. The van der Waals surface area contributed by atoms with Gasteiger partial charge in [0.25, 0.3) is 0 Å².